The van der Waals surface area contributed by atoms with Crippen LogP contribution in [0.15, 0.2) is 4.52 Å². The Kier molecular flexibility index (Phi) is 4.65. The number of carbonyl (C=O) groups excluding carboxylic acids is 1. The van der Waals surface area contributed by atoms with Gasteiger partial charge in [0.05, 0.1) is 13.0 Å². The van der Waals surface area contributed by atoms with Crippen LogP contribution in [0.4, 0.5) is 0 Å². The Morgan fingerprint density at radius 3 is 2.95 bits per heavy atom. The standard InChI is InChI=1S/C15H23N3O3/c1-2-18-7-8-20-13(10-18)15-16-14(21-17-15)9-12(19)11-5-3-4-6-11/h11,13H,2-10H2,1H3. The molecule has 116 valence electrons. The van der Waals surface area contributed by atoms with Crippen LogP contribution < -0.4 is 0 Å². The van der Waals surface area contributed by atoms with Gasteiger partial charge in [-0.1, -0.05) is 24.9 Å². The lowest BCUT2D eigenvalue weighted by atomic mass is 10.0. The molecular weight excluding hydrogens is 270 g/mol. The van der Waals surface area contributed by atoms with E-state index in [1.165, 1.54) is 0 Å². The van der Waals surface area contributed by atoms with Crippen molar-refractivity contribution in [3.05, 3.63) is 11.7 Å². The molecule has 1 aliphatic carbocycles. The molecule has 1 atom stereocenters. The summed E-state index contributed by atoms with van der Waals surface area (Å²) in [4.78, 5) is 18.8. The topological polar surface area (TPSA) is 68.5 Å². The maximum atomic E-state index is 12.1. The molecule has 1 saturated heterocycles. The van der Waals surface area contributed by atoms with Gasteiger partial charge in [-0.3, -0.25) is 9.69 Å². The Hall–Kier alpha value is -1.27. The van der Waals surface area contributed by atoms with Gasteiger partial charge in [0.1, 0.15) is 11.9 Å². The number of carbonyl (C=O) groups is 1. The van der Waals surface area contributed by atoms with Gasteiger partial charge in [0.2, 0.25) is 11.7 Å². The van der Waals surface area contributed by atoms with Gasteiger partial charge in [0.15, 0.2) is 0 Å². The minimum absolute atomic E-state index is 0.141. The number of rotatable bonds is 5. The Morgan fingerprint density at radius 2 is 2.19 bits per heavy atom. The summed E-state index contributed by atoms with van der Waals surface area (Å²) in [7, 11) is 0. The van der Waals surface area contributed by atoms with Crippen molar-refractivity contribution >= 4 is 5.78 Å². The van der Waals surface area contributed by atoms with Gasteiger partial charge >= 0.3 is 0 Å². The fourth-order valence-electron chi connectivity index (χ4n) is 3.16. The average Bonchev–Trinajstić information content (AvgIpc) is 3.18. The maximum Gasteiger partial charge on any atom is 0.234 e. The van der Waals surface area contributed by atoms with E-state index in [1.807, 2.05) is 0 Å². The number of nitrogens with zero attached hydrogens (tertiary/aromatic N) is 3. The number of Topliss-reactive ketones (excluding diaryl/α,β-unsaturated/α-hetero) is 1. The number of ether oxygens (including phenoxy) is 1. The molecule has 1 aliphatic heterocycles. The first-order valence-electron chi connectivity index (χ1n) is 7.95. The zero-order valence-electron chi connectivity index (χ0n) is 12.6. The van der Waals surface area contributed by atoms with Crippen LogP contribution in [0.2, 0.25) is 0 Å². The zero-order chi connectivity index (χ0) is 14.7. The van der Waals surface area contributed by atoms with Crippen LogP contribution in [0.5, 0.6) is 0 Å². The number of ketones is 1. The molecule has 0 radical (unpaired) electrons. The maximum absolute atomic E-state index is 12.1. The first-order chi connectivity index (χ1) is 10.3. The quantitative estimate of drug-likeness (QED) is 0.824. The lowest BCUT2D eigenvalue weighted by Gasteiger charge is -2.30. The summed E-state index contributed by atoms with van der Waals surface area (Å²) in [6, 6.07) is 0. The fraction of sp³-hybridized carbons (Fsp3) is 0.800. The van der Waals surface area contributed by atoms with Crippen LogP contribution >= 0.6 is 0 Å². The van der Waals surface area contributed by atoms with Gasteiger partial charge < -0.3 is 9.26 Å². The van der Waals surface area contributed by atoms with E-state index < -0.39 is 0 Å². The molecule has 3 rings (SSSR count). The molecule has 21 heavy (non-hydrogen) atoms. The predicted molar refractivity (Wildman–Crippen MR) is 75.8 cm³/mol. The molecule has 0 N–H and O–H groups in total. The Bertz CT molecular complexity index is 482. The Morgan fingerprint density at radius 1 is 1.38 bits per heavy atom. The van der Waals surface area contributed by atoms with Crippen molar-refractivity contribution < 1.29 is 14.1 Å². The second-order valence-corrected chi connectivity index (χ2v) is 5.92. The third-order valence-corrected chi connectivity index (χ3v) is 4.51. The van der Waals surface area contributed by atoms with Crippen LogP contribution in [-0.4, -0.2) is 47.1 Å². The molecular formula is C15H23N3O3. The molecule has 6 nitrogen and oxygen atoms in total. The average molecular weight is 293 g/mol. The molecule has 6 heteroatoms. The van der Waals surface area contributed by atoms with E-state index in [2.05, 4.69) is 22.0 Å². The summed E-state index contributed by atoms with van der Waals surface area (Å²) in [5.74, 6) is 1.44. The second kappa shape index (κ2) is 6.66. The summed E-state index contributed by atoms with van der Waals surface area (Å²) < 4.78 is 10.9. The fourth-order valence-corrected chi connectivity index (χ4v) is 3.16. The van der Waals surface area contributed by atoms with E-state index in [0.29, 0.717) is 18.3 Å². The lowest BCUT2D eigenvalue weighted by Crippen LogP contribution is -2.38. The zero-order valence-corrected chi connectivity index (χ0v) is 12.6. The minimum Gasteiger partial charge on any atom is -0.367 e. The molecule has 1 aromatic rings. The van der Waals surface area contributed by atoms with Crippen LogP contribution in [0.3, 0.4) is 0 Å². The normalized spacial score (nSPS) is 24.5. The number of likely N-dealkylation sites (N-methyl/N-ethyl adjacent to an activating group) is 1. The largest absolute Gasteiger partial charge is 0.367 e. The highest BCUT2D eigenvalue weighted by Crippen LogP contribution is 2.26. The molecule has 0 aromatic carbocycles. The highest BCUT2D eigenvalue weighted by atomic mass is 16.5. The van der Waals surface area contributed by atoms with Crippen molar-refractivity contribution in [2.75, 3.05) is 26.2 Å². The lowest BCUT2D eigenvalue weighted by molar-refractivity contribution is -0.122. The number of morpholine rings is 1. The molecule has 1 aromatic heterocycles. The molecule has 0 bridgehead atoms. The van der Waals surface area contributed by atoms with Crippen molar-refractivity contribution in [2.24, 2.45) is 5.92 Å². The number of hydrogen-bond acceptors (Lipinski definition) is 6. The van der Waals surface area contributed by atoms with E-state index in [0.717, 1.165) is 45.3 Å². The van der Waals surface area contributed by atoms with Crippen molar-refractivity contribution in [1.82, 2.24) is 15.0 Å². The predicted octanol–water partition coefficient (Wildman–Crippen LogP) is 1.76. The van der Waals surface area contributed by atoms with E-state index in [-0.39, 0.29) is 24.2 Å². The molecule has 0 spiro atoms. The molecule has 1 saturated carbocycles. The number of hydrogen-bond donors (Lipinski definition) is 0. The highest BCUT2D eigenvalue weighted by molar-refractivity contribution is 5.82. The molecule has 2 fully saturated rings. The summed E-state index contributed by atoms with van der Waals surface area (Å²) in [5, 5.41) is 4.00. The first kappa shape index (κ1) is 14.7. The molecule has 1 unspecified atom stereocenters. The summed E-state index contributed by atoms with van der Waals surface area (Å²) >= 11 is 0. The Balaban J connectivity index is 1.59. The third kappa shape index (κ3) is 3.49. The van der Waals surface area contributed by atoms with Crippen LogP contribution in [0.25, 0.3) is 0 Å². The summed E-state index contributed by atoms with van der Waals surface area (Å²) in [6.45, 7) is 5.53. The summed E-state index contributed by atoms with van der Waals surface area (Å²) in [6.07, 6.45) is 4.47. The van der Waals surface area contributed by atoms with Crippen molar-refractivity contribution in [3.8, 4) is 0 Å². The van der Waals surface area contributed by atoms with E-state index >= 15 is 0 Å². The van der Waals surface area contributed by atoms with Gasteiger partial charge in [-0.05, 0) is 19.4 Å². The molecule has 2 aliphatic rings. The monoisotopic (exact) mass is 293 g/mol. The first-order valence-corrected chi connectivity index (χ1v) is 7.95. The van der Waals surface area contributed by atoms with E-state index in [1.54, 1.807) is 0 Å². The Labute approximate surface area is 124 Å². The van der Waals surface area contributed by atoms with E-state index in [9.17, 15) is 4.79 Å². The smallest absolute Gasteiger partial charge is 0.234 e. The van der Waals surface area contributed by atoms with Crippen LogP contribution in [0, 0.1) is 5.92 Å². The van der Waals surface area contributed by atoms with Gasteiger partial charge in [0, 0.05) is 19.0 Å². The van der Waals surface area contributed by atoms with Crippen molar-refractivity contribution in [1.29, 1.82) is 0 Å². The third-order valence-electron chi connectivity index (χ3n) is 4.51. The van der Waals surface area contributed by atoms with Gasteiger partial charge in [-0.15, -0.1) is 0 Å². The van der Waals surface area contributed by atoms with E-state index in [4.69, 9.17) is 9.26 Å². The van der Waals surface area contributed by atoms with Gasteiger partial charge in [-0.25, -0.2) is 0 Å². The van der Waals surface area contributed by atoms with Gasteiger partial charge in [0.25, 0.3) is 0 Å². The van der Waals surface area contributed by atoms with Crippen LogP contribution in [0.1, 0.15) is 50.4 Å². The van der Waals surface area contributed by atoms with Crippen molar-refractivity contribution in [2.45, 2.75) is 45.1 Å². The molecule has 2 heterocycles. The number of aromatic nitrogens is 2. The SMILES string of the molecule is CCN1CCOC(c2noc(CC(=O)C3CCCC3)n2)C1. The van der Waals surface area contributed by atoms with Gasteiger partial charge in [-0.2, -0.15) is 4.98 Å². The van der Waals surface area contributed by atoms with Crippen molar-refractivity contribution in [3.63, 3.8) is 0 Å². The minimum atomic E-state index is -0.141. The highest BCUT2D eigenvalue weighted by Gasteiger charge is 2.27. The van der Waals surface area contributed by atoms with Crippen LogP contribution in [-0.2, 0) is 16.0 Å². The second-order valence-electron chi connectivity index (χ2n) is 5.92. The molecule has 0 amide bonds. The summed E-state index contributed by atoms with van der Waals surface area (Å²) in [5.41, 5.74) is 0.